The van der Waals surface area contributed by atoms with E-state index in [1.807, 2.05) is 6.07 Å². The molecule has 0 amide bonds. The van der Waals surface area contributed by atoms with E-state index < -0.39 is 0 Å². The van der Waals surface area contributed by atoms with Crippen molar-refractivity contribution in [2.24, 2.45) is 7.05 Å². The highest BCUT2D eigenvalue weighted by Gasteiger charge is 2.24. The molecular formula is C26H30N+. The molecule has 0 bridgehead atoms. The molecule has 1 saturated carbocycles. The van der Waals surface area contributed by atoms with Crippen LogP contribution >= 0.6 is 0 Å². The third-order valence-corrected chi connectivity index (χ3v) is 7.04. The van der Waals surface area contributed by atoms with Gasteiger partial charge in [-0.15, -0.1) is 0 Å². The summed E-state index contributed by atoms with van der Waals surface area (Å²) in [4.78, 5) is 0. The van der Waals surface area contributed by atoms with Crippen LogP contribution in [-0.4, -0.2) is 0 Å². The molecular weight excluding hydrogens is 326 g/mol. The van der Waals surface area contributed by atoms with Crippen LogP contribution < -0.4 is 4.57 Å². The van der Waals surface area contributed by atoms with Crippen LogP contribution in [0.2, 0.25) is 0 Å². The SMILES string of the molecule is [2H]c1cc2cc3c(cc2c(-c2cc(C4CCCC4)cc(C)c2C)[n+]1C)CCC3. The van der Waals surface area contributed by atoms with Crippen molar-refractivity contribution in [3.63, 3.8) is 0 Å². The molecule has 0 radical (unpaired) electrons. The first-order valence-electron chi connectivity index (χ1n) is 11.1. The Bertz CT molecular complexity index is 1090. The average molecular weight is 358 g/mol. The molecule has 1 heteroatoms. The van der Waals surface area contributed by atoms with Crippen LogP contribution in [0, 0.1) is 13.8 Å². The van der Waals surface area contributed by atoms with Crippen molar-refractivity contribution in [1.82, 2.24) is 0 Å². The first kappa shape index (κ1) is 15.9. The molecule has 1 nitrogen and oxygen atoms in total. The highest BCUT2D eigenvalue weighted by molar-refractivity contribution is 5.95. The molecule has 0 N–H and O–H groups in total. The summed E-state index contributed by atoms with van der Waals surface area (Å²) in [6.07, 6.45) is 9.58. The van der Waals surface area contributed by atoms with E-state index in [0.29, 0.717) is 12.1 Å². The van der Waals surface area contributed by atoms with Crippen LogP contribution in [0.5, 0.6) is 0 Å². The van der Waals surface area contributed by atoms with E-state index in [2.05, 4.69) is 49.7 Å². The van der Waals surface area contributed by atoms with Gasteiger partial charge in [-0.3, -0.25) is 0 Å². The molecule has 0 atom stereocenters. The van der Waals surface area contributed by atoms with Crippen LogP contribution in [0.4, 0.5) is 0 Å². The number of rotatable bonds is 2. The molecule has 0 aliphatic heterocycles. The van der Waals surface area contributed by atoms with E-state index in [-0.39, 0.29) is 0 Å². The zero-order chi connectivity index (χ0) is 19.4. The summed E-state index contributed by atoms with van der Waals surface area (Å²) in [6.45, 7) is 4.50. The summed E-state index contributed by atoms with van der Waals surface area (Å²) in [5, 5.41) is 2.53. The van der Waals surface area contributed by atoms with Gasteiger partial charge in [0.1, 0.15) is 8.42 Å². The predicted octanol–water partition coefficient (Wildman–Crippen LogP) is 6.09. The average Bonchev–Trinajstić information content (AvgIpc) is 3.35. The Balaban J connectivity index is 1.80. The highest BCUT2D eigenvalue weighted by Crippen LogP contribution is 2.39. The monoisotopic (exact) mass is 357 g/mol. The third kappa shape index (κ3) is 2.79. The molecule has 1 fully saturated rings. The van der Waals surface area contributed by atoms with Gasteiger partial charge in [0, 0.05) is 6.07 Å². The smallest absolute Gasteiger partial charge is 0.200 e. The second-order valence-corrected chi connectivity index (χ2v) is 8.73. The van der Waals surface area contributed by atoms with Crippen LogP contribution in [-0.2, 0) is 19.9 Å². The highest BCUT2D eigenvalue weighted by atomic mass is 14.9. The zero-order valence-corrected chi connectivity index (χ0v) is 16.9. The van der Waals surface area contributed by atoms with Crippen LogP contribution in [0.3, 0.4) is 0 Å². The van der Waals surface area contributed by atoms with Crippen LogP contribution in [0.1, 0.15) is 67.2 Å². The van der Waals surface area contributed by atoms with Crippen LogP contribution in [0.25, 0.3) is 22.0 Å². The van der Waals surface area contributed by atoms with E-state index >= 15 is 0 Å². The van der Waals surface area contributed by atoms with E-state index in [9.17, 15) is 0 Å². The topological polar surface area (TPSA) is 3.88 Å². The Kier molecular flexibility index (Phi) is 3.81. The second-order valence-electron chi connectivity index (χ2n) is 8.73. The van der Waals surface area contributed by atoms with Gasteiger partial charge in [-0.1, -0.05) is 25.0 Å². The number of aryl methyl sites for hydroxylation is 3. The van der Waals surface area contributed by atoms with Crippen molar-refractivity contribution in [3.05, 3.63) is 64.3 Å². The fourth-order valence-electron chi connectivity index (χ4n) is 5.33. The quantitative estimate of drug-likeness (QED) is 0.488. The zero-order valence-electron chi connectivity index (χ0n) is 17.9. The van der Waals surface area contributed by atoms with Crippen molar-refractivity contribution in [2.45, 2.75) is 64.7 Å². The molecule has 1 aromatic heterocycles. The van der Waals surface area contributed by atoms with Crippen molar-refractivity contribution in [3.8, 4) is 11.3 Å². The normalized spacial score (nSPS) is 17.5. The number of nitrogens with zero attached hydrogens (tertiary/aromatic N) is 1. The number of hydrogen-bond donors (Lipinski definition) is 0. The van der Waals surface area contributed by atoms with Gasteiger partial charge in [-0.2, -0.15) is 0 Å². The largest absolute Gasteiger partial charge is 0.220 e. The third-order valence-electron chi connectivity index (χ3n) is 7.04. The van der Waals surface area contributed by atoms with E-state index in [4.69, 9.17) is 1.37 Å². The van der Waals surface area contributed by atoms with Gasteiger partial charge in [0.15, 0.2) is 6.17 Å². The van der Waals surface area contributed by atoms with E-state index in [0.717, 1.165) is 0 Å². The van der Waals surface area contributed by atoms with Gasteiger partial charge in [-0.25, -0.2) is 4.57 Å². The molecule has 3 aromatic rings. The minimum atomic E-state index is 0.587. The molecule has 138 valence electrons. The fourth-order valence-corrected chi connectivity index (χ4v) is 5.33. The summed E-state index contributed by atoms with van der Waals surface area (Å²) in [6, 6.07) is 11.7. The Hall–Kier alpha value is -2.15. The van der Waals surface area contributed by atoms with Gasteiger partial charge in [0.25, 0.3) is 0 Å². The molecule has 1 heterocycles. The summed E-state index contributed by atoms with van der Waals surface area (Å²) in [5.41, 5.74) is 9.76. The summed E-state index contributed by atoms with van der Waals surface area (Å²) < 4.78 is 10.7. The summed E-state index contributed by atoms with van der Waals surface area (Å²) in [7, 11) is 2.06. The number of aromatic nitrogens is 1. The second kappa shape index (κ2) is 6.48. The maximum atomic E-state index is 8.60. The van der Waals surface area contributed by atoms with Gasteiger partial charge < -0.3 is 0 Å². The number of fused-ring (bicyclic) bond motifs is 2. The van der Waals surface area contributed by atoms with Gasteiger partial charge in [-0.05, 0) is 97.2 Å². The lowest BCUT2D eigenvalue weighted by Crippen LogP contribution is -2.31. The minimum Gasteiger partial charge on any atom is -0.200 e. The van der Waals surface area contributed by atoms with Crippen molar-refractivity contribution >= 4 is 10.8 Å². The number of pyridine rings is 1. The Morgan fingerprint density at radius 1 is 0.963 bits per heavy atom. The van der Waals surface area contributed by atoms with Gasteiger partial charge in [0.05, 0.1) is 10.9 Å². The first-order chi connectivity index (χ1) is 13.5. The molecule has 27 heavy (non-hydrogen) atoms. The number of benzene rings is 2. The Labute approximate surface area is 164 Å². The number of hydrogen-bond acceptors (Lipinski definition) is 0. The minimum absolute atomic E-state index is 0.587. The van der Waals surface area contributed by atoms with Crippen molar-refractivity contribution < 1.29 is 5.94 Å². The predicted molar refractivity (Wildman–Crippen MR) is 113 cm³/mol. The standard InChI is InChI=1S/C26H30N/c1-17-13-23(19-7-4-5-8-19)16-24(18(17)2)26-25-15-21-10-6-9-20(21)14-22(25)11-12-27(26)3/h11-16,19H,4-10H2,1-3H3/q+1/i12D. The maximum absolute atomic E-state index is 8.60. The van der Waals surface area contributed by atoms with E-state index in [1.165, 1.54) is 94.8 Å². The summed E-state index contributed by atoms with van der Waals surface area (Å²) in [5.74, 6) is 0.707. The lowest BCUT2D eigenvalue weighted by molar-refractivity contribution is -0.659. The van der Waals surface area contributed by atoms with Crippen LogP contribution in [0.15, 0.2) is 36.5 Å². The lowest BCUT2D eigenvalue weighted by atomic mass is 9.88. The summed E-state index contributed by atoms with van der Waals surface area (Å²) >= 11 is 0. The van der Waals surface area contributed by atoms with E-state index in [1.54, 1.807) is 0 Å². The van der Waals surface area contributed by atoms with Crippen molar-refractivity contribution in [1.29, 1.82) is 0 Å². The van der Waals surface area contributed by atoms with Gasteiger partial charge in [0.2, 0.25) is 5.69 Å². The molecule has 0 unspecified atom stereocenters. The Morgan fingerprint density at radius 2 is 1.70 bits per heavy atom. The molecule has 0 spiro atoms. The molecule has 2 aliphatic carbocycles. The first-order valence-corrected chi connectivity index (χ1v) is 10.6. The molecule has 2 aromatic carbocycles. The Morgan fingerprint density at radius 3 is 2.48 bits per heavy atom. The molecule has 2 aliphatic rings. The fraction of sp³-hybridized carbons (Fsp3) is 0.423. The van der Waals surface area contributed by atoms with Crippen molar-refractivity contribution in [2.75, 3.05) is 0 Å². The maximum Gasteiger partial charge on any atom is 0.220 e. The van der Waals surface area contributed by atoms with Gasteiger partial charge >= 0.3 is 0 Å². The molecule has 5 rings (SSSR count). The lowest BCUT2D eigenvalue weighted by Gasteiger charge is -2.16. The molecule has 0 saturated heterocycles.